The molecule has 3 nitrogen and oxygen atoms in total. The summed E-state index contributed by atoms with van der Waals surface area (Å²) >= 11 is 18.7. The lowest BCUT2D eigenvalue weighted by Crippen LogP contribution is -2.17. The second kappa shape index (κ2) is 8.92. The lowest BCUT2D eigenvalue weighted by molar-refractivity contribution is -0.115. The molecule has 0 atom stereocenters. The van der Waals surface area contributed by atoms with Gasteiger partial charge in [0.05, 0.1) is 21.6 Å². The van der Waals surface area contributed by atoms with Gasteiger partial charge in [0.25, 0.3) is 5.91 Å². The van der Waals surface area contributed by atoms with Gasteiger partial charge in [0, 0.05) is 0 Å². The van der Waals surface area contributed by atoms with Crippen molar-refractivity contribution < 1.29 is 9.53 Å². The van der Waals surface area contributed by atoms with E-state index in [9.17, 15) is 4.79 Å². The van der Waals surface area contributed by atoms with Gasteiger partial charge in [-0.15, -0.1) is 0 Å². The zero-order chi connectivity index (χ0) is 16.8. The van der Waals surface area contributed by atoms with Gasteiger partial charge in [-0.2, -0.15) is 0 Å². The number of thioether (sulfide) groups is 1. The number of unbranched alkanes of at least 4 members (excludes halogenated alkanes) is 3. The molecule has 124 valence electrons. The maximum atomic E-state index is 11.7. The fourth-order valence-electron chi connectivity index (χ4n) is 2.08. The van der Waals surface area contributed by atoms with Crippen LogP contribution in [0.4, 0.5) is 0 Å². The first-order valence-electron chi connectivity index (χ1n) is 7.38. The molecule has 1 saturated heterocycles. The van der Waals surface area contributed by atoms with E-state index in [1.165, 1.54) is 24.6 Å². The number of carbonyl (C=O) groups excluding carboxylic acids is 1. The number of hydrogen-bond donors (Lipinski definition) is 1. The van der Waals surface area contributed by atoms with E-state index in [0.717, 1.165) is 18.4 Å². The number of hydrogen-bond acceptors (Lipinski definition) is 4. The quantitative estimate of drug-likeness (QED) is 0.382. The Labute approximate surface area is 155 Å². The number of nitrogens with one attached hydrogen (secondary N) is 1. The van der Waals surface area contributed by atoms with E-state index < -0.39 is 0 Å². The predicted molar refractivity (Wildman–Crippen MR) is 102 cm³/mol. The van der Waals surface area contributed by atoms with Crippen molar-refractivity contribution in [3.05, 3.63) is 32.6 Å². The Hall–Kier alpha value is -0.750. The van der Waals surface area contributed by atoms with Gasteiger partial charge in [-0.3, -0.25) is 4.79 Å². The summed E-state index contributed by atoms with van der Waals surface area (Å²) in [5.41, 5.74) is 0.737. The first-order chi connectivity index (χ1) is 11.0. The summed E-state index contributed by atoms with van der Waals surface area (Å²) in [4.78, 5) is 12.2. The molecule has 1 N–H and O–H groups in total. The molecule has 0 spiro atoms. The summed E-state index contributed by atoms with van der Waals surface area (Å²) in [5, 5.41) is 3.44. The Bertz CT molecular complexity index is 624. The van der Waals surface area contributed by atoms with E-state index in [-0.39, 0.29) is 5.91 Å². The van der Waals surface area contributed by atoms with Crippen LogP contribution in [0.1, 0.15) is 38.2 Å². The topological polar surface area (TPSA) is 38.3 Å². The lowest BCUT2D eigenvalue weighted by atomic mass is 10.2. The van der Waals surface area contributed by atoms with Crippen molar-refractivity contribution in [1.29, 1.82) is 0 Å². The van der Waals surface area contributed by atoms with Gasteiger partial charge in [-0.1, -0.05) is 73.4 Å². The van der Waals surface area contributed by atoms with Gasteiger partial charge in [0.2, 0.25) is 0 Å². The fraction of sp³-hybridized carbons (Fsp3) is 0.375. The first kappa shape index (κ1) is 18.6. The highest BCUT2D eigenvalue weighted by atomic mass is 35.5. The third kappa shape index (κ3) is 5.38. The second-order valence-electron chi connectivity index (χ2n) is 5.08. The summed E-state index contributed by atoms with van der Waals surface area (Å²) in [6.45, 7) is 2.75. The van der Waals surface area contributed by atoms with Gasteiger partial charge in [0.15, 0.2) is 5.75 Å². The molecule has 1 aliphatic heterocycles. The van der Waals surface area contributed by atoms with Crippen LogP contribution in [-0.4, -0.2) is 16.8 Å². The van der Waals surface area contributed by atoms with E-state index >= 15 is 0 Å². The van der Waals surface area contributed by atoms with Crippen LogP contribution in [-0.2, 0) is 4.79 Å². The van der Waals surface area contributed by atoms with Crippen LogP contribution in [0.5, 0.6) is 5.75 Å². The number of rotatable bonds is 7. The molecule has 1 aromatic carbocycles. The summed E-state index contributed by atoms with van der Waals surface area (Å²) < 4.78 is 6.14. The van der Waals surface area contributed by atoms with Crippen LogP contribution >= 0.6 is 47.2 Å². The van der Waals surface area contributed by atoms with E-state index in [0.29, 0.717) is 31.6 Å². The third-order valence-electron chi connectivity index (χ3n) is 3.20. The molecule has 7 heteroatoms. The normalized spacial score (nSPS) is 16.0. The molecule has 0 radical (unpaired) electrons. The minimum absolute atomic E-state index is 0.205. The highest BCUT2D eigenvalue weighted by Crippen LogP contribution is 2.36. The molecule has 2 rings (SSSR count). The summed E-state index contributed by atoms with van der Waals surface area (Å²) in [6.07, 6.45) is 6.18. The maximum absolute atomic E-state index is 11.7. The zero-order valence-corrected chi connectivity index (χ0v) is 15.8. The number of benzene rings is 1. The first-order valence-corrected chi connectivity index (χ1v) is 9.36. The minimum atomic E-state index is -0.205. The average Bonchev–Trinajstić information content (AvgIpc) is 2.79. The molecule has 23 heavy (non-hydrogen) atoms. The molecule has 0 saturated carbocycles. The number of amides is 1. The van der Waals surface area contributed by atoms with Crippen molar-refractivity contribution >= 4 is 63.5 Å². The zero-order valence-electron chi connectivity index (χ0n) is 12.7. The molecule has 0 bridgehead atoms. The Morgan fingerprint density at radius 3 is 2.52 bits per heavy atom. The van der Waals surface area contributed by atoms with Gasteiger partial charge < -0.3 is 10.1 Å². The SMILES string of the molecule is CCCCCCOc1c(Cl)cc(/C=C2/SC(=S)NC2=O)cc1Cl. The Kier molecular flexibility index (Phi) is 7.21. The molecule has 1 heterocycles. The average molecular weight is 390 g/mol. The van der Waals surface area contributed by atoms with Crippen LogP contribution in [0, 0.1) is 0 Å². The highest BCUT2D eigenvalue weighted by molar-refractivity contribution is 8.26. The monoisotopic (exact) mass is 389 g/mol. The number of carbonyl (C=O) groups is 1. The van der Waals surface area contributed by atoms with Crippen LogP contribution in [0.25, 0.3) is 6.08 Å². The van der Waals surface area contributed by atoms with Gasteiger partial charge >= 0.3 is 0 Å². The van der Waals surface area contributed by atoms with E-state index in [1.807, 2.05) is 0 Å². The largest absolute Gasteiger partial charge is 0.490 e. The smallest absolute Gasteiger partial charge is 0.263 e. The summed E-state index contributed by atoms with van der Waals surface area (Å²) in [5.74, 6) is 0.287. The Balaban J connectivity index is 2.06. The van der Waals surface area contributed by atoms with Gasteiger partial charge in [-0.05, 0) is 30.2 Å². The van der Waals surface area contributed by atoms with Crippen molar-refractivity contribution in [3.8, 4) is 5.75 Å². The second-order valence-corrected chi connectivity index (χ2v) is 7.61. The van der Waals surface area contributed by atoms with Crippen LogP contribution in [0.3, 0.4) is 0 Å². The van der Waals surface area contributed by atoms with Gasteiger partial charge in [-0.25, -0.2) is 0 Å². The Morgan fingerprint density at radius 2 is 1.96 bits per heavy atom. The number of halogens is 2. The highest BCUT2D eigenvalue weighted by Gasteiger charge is 2.22. The maximum Gasteiger partial charge on any atom is 0.263 e. The van der Waals surface area contributed by atoms with E-state index in [1.54, 1.807) is 18.2 Å². The number of thiocarbonyl (C=S) groups is 1. The molecule has 0 unspecified atom stereocenters. The van der Waals surface area contributed by atoms with Crippen molar-refractivity contribution in [2.45, 2.75) is 32.6 Å². The van der Waals surface area contributed by atoms with Gasteiger partial charge in [0.1, 0.15) is 4.32 Å². The van der Waals surface area contributed by atoms with Crippen LogP contribution < -0.4 is 10.1 Å². The summed E-state index contributed by atoms with van der Waals surface area (Å²) in [6, 6.07) is 3.47. The predicted octanol–water partition coefficient (Wildman–Crippen LogP) is 5.44. The van der Waals surface area contributed by atoms with Crippen molar-refractivity contribution in [3.63, 3.8) is 0 Å². The molecule has 1 aliphatic rings. The third-order valence-corrected chi connectivity index (χ3v) is 4.93. The summed E-state index contributed by atoms with van der Waals surface area (Å²) in [7, 11) is 0. The minimum Gasteiger partial charge on any atom is -0.490 e. The van der Waals surface area contributed by atoms with Crippen LogP contribution in [0.15, 0.2) is 17.0 Å². The molecule has 1 amide bonds. The lowest BCUT2D eigenvalue weighted by Gasteiger charge is -2.11. The molecule has 0 aromatic heterocycles. The molecular weight excluding hydrogens is 373 g/mol. The standard InChI is InChI=1S/C16H17Cl2NO2S2/c1-2-3-4-5-6-21-14-11(17)7-10(8-12(14)18)9-13-15(20)19-16(22)23-13/h7-9H,2-6H2,1H3,(H,19,20,22)/b13-9+. The van der Waals surface area contributed by atoms with E-state index in [4.69, 9.17) is 40.2 Å². The van der Waals surface area contributed by atoms with Crippen molar-refractivity contribution in [2.75, 3.05) is 6.61 Å². The Morgan fingerprint density at radius 1 is 1.26 bits per heavy atom. The molecule has 1 fully saturated rings. The molecule has 0 aliphatic carbocycles. The van der Waals surface area contributed by atoms with Crippen molar-refractivity contribution in [2.24, 2.45) is 0 Å². The molecule has 1 aromatic rings. The fourth-order valence-corrected chi connectivity index (χ4v) is 3.73. The molecular formula is C16H17Cl2NO2S2. The van der Waals surface area contributed by atoms with Crippen LogP contribution in [0.2, 0.25) is 10.0 Å². The number of ether oxygens (including phenoxy) is 1. The van der Waals surface area contributed by atoms with E-state index in [2.05, 4.69) is 12.2 Å². The van der Waals surface area contributed by atoms with Crippen molar-refractivity contribution in [1.82, 2.24) is 5.32 Å².